The number of aromatic nitrogens is 6. The molecule has 14 heteroatoms. The molecule has 0 aliphatic carbocycles. The molecule has 0 bridgehead atoms. The molecule has 0 saturated carbocycles. The molecule has 10 rings (SSSR count). The second kappa shape index (κ2) is 13.3. The second-order valence-corrected chi connectivity index (χ2v) is 13.6. The summed E-state index contributed by atoms with van der Waals surface area (Å²) in [5.41, 5.74) is -3.13. The molecule has 0 radical (unpaired) electrons. The fourth-order valence-electron chi connectivity index (χ4n) is 7.94. The fourth-order valence-corrected chi connectivity index (χ4v) is 7.94. The smallest absolute Gasteiger partial charge is 0.309 e. The van der Waals surface area contributed by atoms with Gasteiger partial charge in [-0.25, -0.2) is 41.9 Å². The lowest BCUT2D eigenvalue weighted by Gasteiger charge is -2.25. The van der Waals surface area contributed by atoms with E-state index in [-0.39, 0.29) is 11.0 Å². The van der Waals surface area contributed by atoms with Crippen molar-refractivity contribution in [2.24, 2.45) is 0 Å². The van der Waals surface area contributed by atoms with Crippen LogP contribution in [-0.4, -0.2) is 29.1 Å². The molecule has 0 aliphatic rings. The van der Waals surface area contributed by atoms with E-state index in [1.807, 2.05) is 0 Å². The molecule has 0 fully saturated rings. The van der Waals surface area contributed by atoms with Gasteiger partial charge in [0.2, 0.25) is 5.82 Å². The molecule has 59 heavy (non-hydrogen) atoms. The molecule has 6 aromatic carbocycles. The molecular formula is C45H22F8N6. The molecule has 4 aromatic heterocycles. The molecular weight excluding hydrogens is 777 g/mol. The zero-order chi connectivity index (χ0) is 40.7. The fraction of sp³-hybridized carbons (Fsp3) is 0.0222. The van der Waals surface area contributed by atoms with Gasteiger partial charge >= 0.3 is 6.18 Å². The van der Waals surface area contributed by atoms with Gasteiger partial charge in [0.25, 0.3) is 0 Å². The summed E-state index contributed by atoms with van der Waals surface area (Å²) >= 11 is 0. The zero-order valence-corrected chi connectivity index (χ0v) is 29.9. The van der Waals surface area contributed by atoms with E-state index in [1.165, 1.54) is 29.1 Å². The summed E-state index contributed by atoms with van der Waals surface area (Å²) in [6.07, 6.45) is 0.861. The van der Waals surface area contributed by atoms with Crippen molar-refractivity contribution >= 4 is 43.6 Å². The van der Waals surface area contributed by atoms with Gasteiger partial charge in [0.1, 0.15) is 5.56 Å². The minimum atomic E-state index is -5.31. The van der Waals surface area contributed by atoms with Gasteiger partial charge in [-0.3, -0.25) is 0 Å². The van der Waals surface area contributed by atoms with Gasteiger partial charge in [-0.1, -0.05) is 36.4 Å². The Morgan fingerprint density at radius 2 is 0.864 bits per heavy atom. The van der Waals surface area contributed by atoms with Gasteiger partial charge in [0.05, 0.1) is 39.0 Å². The summed E-state index contributed by atoms with van der Waals surface area (Å²) in [4.78, 5) is 17.2. The number of benzene rings is 6. The number of nitrogens with zero attached hydrogens (tertiary/aromatic N) is 6. The van der Waals surface area contributed by atoms with Gasteiger partial charge in [-0.2, -0.15) is 13.2 Å². The van der Waals surface area contributed by atoms with Crippen LogP contribution in [-0.2, 0) is 6.18 Å². The van der Waals surface area contributed by atoms with Crippen molar-refractivity contribution in [3.63, 3.8) is 0 Å². The van der Waals surface area contributed by atoms with Crippen molar-refractivity contribution in [1.29, 1.82) is 0 Å². The topological polar surface area (TPSA) is 61.4 Å². The lowest BCUT2D eigenvalue weighted by Crippen LogP contribution is -2.17. The molecule has 288 valence electrons. The average Bonchev–Trinajstić information content (AvgIpc) is 3.77. The monoisotopic (exact) mass is 798 g/mol. The van der Waals surface area contributed by atoms with Crippen molar-refractivity contribution in [3.8, 4) is 45.3 Å². The molecule has 6 nitrogen and oxygen atoms in total. The molecule has 0 N–H and O–H groups in total. The molecule has 10 aromatic rings. The van der Waals surface area contributed by atoms with Gasteiger partial charge in [-0.15, -0.1) is 0 Å². The highest BCUT2D eigenvalue weighted by Gasteiger charge is 2.42. The predicted molar refractivity (Wildman–Crippen MR) is 207 cm³/mol. The highest BCUT2D eigenvalue weighted by Crippen LogP contribution is 2.49. The number of rotatable bonds is 5. The summed E-state index contributed by atoms with van der Waals surface area (Å²) in [6, 6.07) is 28.1. The summed E-state index contributed by atoms with van der Waals surface area (Å²) in [5, 5.41) is 1.93. The van der Waals surface area contributed by atoms with Gasteiger partial charge < -0.3 is 9.13 Å². The Labute approximate surface area is 327 Å². The van der Waals surface area contributed by atoms with Gasteiger partial charge in [0.15, 0.2) is 34.9 Å². The van der Waals surface area contributed by atoms with E-state index in [9.17, 15) is 4.39 Å². The first-order valence-corrected chi connectivity index (χ1v) is 17.9. The summed E-state index contributed by atoms with van der Waals surface area (Å²) in [5.74, 6) is -10.9. The number of para-hydroxylation sites is 2. The van der Waals surface area contributed by atoms with Crippen LogP contribution < -0.4 is 0 Å². The number of fused-ring (bicyclic) bond motifs is 6. The number of hydrogen-bond donors (Lipinski definition) is 0. The molecule has 0 unspecified atom stereocenters. The van der Waals surface area contributed by atoms with Gasteiger partial charge in [-0.05, 0) is 72.8 Å². The van der Waals surface area contributed by atoms with Crippen LogP contribution >= 0.6 is 0 Å². The van der Waals surface area contributed by atoms with Crippen LogP contribution in [0.15, 0.2) is 134 Å². The number of hydrogen-bond acceptors (Lipinski definition) is 4. The zero-order valence-electron chi connectivity index (χ0n) is 29.9. The van der Waals surface area contributed by atoms with E-state index in [1.54, 1.807) is 97.3 Å². The quantitative estimate of drug-likeness (QED) is 0.0988. The van der Waals surface area contributed by atoms with E-state index in [4.69, 9.17) is 0 Å². The minimum Gasteiger partial charge on any atom is -0.309 e. The average molecular weight is 799 g/mol. The summed E-state index contributed by atoms with van der Waals surface area (Å²) in [7, 11) is 0. The van der Waals surface area contributed by atoms with Crippen LogP contribution in [0.5, 0.6) is 0 Å². The van der Waals surface area contributed by atoms with Crippen molar-refractivity contribution in [2.75, 3.05) is 0 Å². The van der Waals surface area contributed by atoms with E-state index >= 15 is 30.7 Å². The Bertz CT molecular complexity index is 3290. The summed E-state index contributed by atoms with van der Waals surface area (Å²) in [6.45, 7) is 0. The Hall–Kier alpha value is -7.48. The Kier molecular flexibility index (Phi) is 8.09. The van der Waals surface area contributed by atoms with Crippen molar-refractivity contribution in [3.05, 3.63) is 169 Å². The standard InChI is InChI=1S/C45H22F8N6/c46-37-35(38(47)40(49)41(50)39(37)48)27-13-16-34(58-30-9-3-1-7-25(30)28-21-23(11-14-32(28)58)43-54-17-5-18-55-43)36(45(51,52)53)42(27)59-31-10-4-2-8-26(31)29-22-24(12-15-33(29)59)44-56-19-6-20-57-44/h1-22H. The maximum Gasteiger partial charge on any atom is 0.420 e. The first-order chi connectivity index (χ1) is 28.5. The third-order valence-corrected chi connectivity index (χ3v) is 10.4. The normalized spacial score (nSPS) is 12.1. The van der Waals surface area contributed by atoms with Crippen LogP contribution in [0.1, 0.15) is 5.56 Å². The number of halogens is 8. The van der Waals surface area contributed by atoms with E-state index < -0.39 is 63.3 Å². The third kappa shape index (κ3) is 5.47. The van der Waals surface area contributed by atoms with Crippen LogP contribution in [0, 0.1) is 29.1 Å². The molecule has 0 atom stereocenters. The third-order valence-electron chi connectivity index (χ3n) is 10.4. The van der Waals surface area contributed by atoms with Crippen molar-refractivity contribution in [2.45, 2.75) is 6.18 Å². The van der Waals surface area contributed by atoms with Crippen molar-refractivity contribution < 1.29 is 35.1 Å². The first-order valence-electron chi connectivity index (χ1n) is 17.9. The lowest BCUT2D eigenvalue weighted by atomic mass is 9.95. The Balaban J connectivity index is 1.38. The molecule has 4 heterocycles. The second-order valence-electron chi connectivity index (χ2n) is 13.6. The van der Waals surface area contributed by atoms with E-state index in [0.717, 1.165) is 16.7 Å². The lowest BCUT2D eigenvalue weighted by molar-refractivity contribution is -0.137. The highest BCUT2D eigenvalue weighted by molar-refractivity contribution is 6.12. The van der Waals surface area contributed by atoms with Crippen molar-refractivity contribution in [1.82, 2.24) is 29.1 Å². The SMILES string of the molecule is Fc1c(F)c(F)c(-c2ccc(-n3c4ccccc4c4cc(-c5ncccn5)ccc43)c(C(F)(F)F)c2-n2c3ccccc3c3cc(-c4ncccn4)ccc32)c(F)c1F. The molecule has 0 amide bonds. The minimum absolute atomic E-state index is 0.133. The molecule has 0 saturated heterocycles. The summed E-state index contributed by atoms with van der Waals surface area (Å²) < 4.78 is 128. The maximum absolute atomic E-state index is 16.3. The molecule has 0 aliphatic heterocycles. The highest BCUT2D eigenvalue weighted by atomic mass is 19.4. The maximum atomic E-state index is 16.3. The molecule has 0 spiro atoms. The van der Waals surface area contributed by atoms with Crippen LogP contribution in [0.3, 0.4) is 0 Å². The Morgan fingerprint density at radius 1 is 0.424 bits per heavy atom. The number of alkyl halides is 3. The first kappa shape index (κ1) is 35.9. The van der Waals surface area contributed by atoms with Crippen LogP contribution in [0.25, 0.3) is 88.9 Å². The van der Waals surface area contributed by atoms with E-state index in [0.29, 0.717) is 55.4 Å². The van der Waals surface area contributed by atoms with Gasteiger partial charge in [0, 0.05) is 63.0 Å². The Morgan fingerprint density at radius 3 is 1.37 bits per heavy atom. The predicted octanol–water partition coefficient (Wildman–Crippen LogP) is 12.2. The van der Waals surface area contributed by atoms with Crippen LogP contribution in [0.4, 0.5) is 35.1 Å². The van der Waals surface area contributed by atoms with E-state index in [2.05, 4.69) is 19.9 Å². The largest absolute Gasteiger partial charge is 0.420 e. The van der Waals surface area contributed by atoms with Crippen LogP contribution in [0.2, 0.25) is 0 Å².